The van der Waals surface area contributed by atoms with E-state index >= 15 is 0 Å². The lowest BCUT2D eigenvalue weighted by Gasteiger charge is -2.14. The van der Waals surface area contributed by atoms with Crippen LogP contribution >= 0.6 is 11.6 Å². The van der Waals surface area contributed by atoms with Crippen molar-refractivity contribution in [2.75, 3.05) is 11.9 Å². The zero-order valence-electron chi connectivity index (χ0n) is 13.0. The van der Waals surface area contributed by atoms with Gasteiger partial charge in [0.25, 0.3) is 5.91 Å². The topological polar surface area (TPSA) is 58.6 Å². The van der Waals surface area contributed by atoms with Crippen LogP contribution in [0.15, 0.2) is 24.3 Å². The van der Waals surface area contributed by atoms with Gasteiger partial charge in [0.1, 0.15) is 17.3 Å². The highest BCUT2D eigenvalue weighted by molar-refractivity contribution is 6.32. The number of phenols is 1. The normalized spacial score (nSPS) is 10.5. The van der Waals surface area contributed by atoms with E-state index in [1.54, 1.807) is 0 Å². The molecule has 0 saturated heterocycles. The van der Waals surface area contributed by atoms with Crippen molar-refractivity contribution >= 4 is 23.2 Å². The van der Waals surface area contributed by atoms with Crippen molar-refractivity contribution in [2.24, 2.45) is 0 Å². The summed E-state index contributed by atoms with van der Waals surface area (Å²) in [5, 5.41) is 11.6. The molecule has 0 bridgehead atoms. The summed E-state index contributed by atoms with van der Waals surface area (Å²) in [5.41, 5.74) is 2.82. The van der Waals surface area contributed by atoms with Gasteiger partial charge in [0.05, 0.1) is 10.7 Å². The molecule has 2 rings (SSSR count). The van der Waals surface area contributed by atoms with E-state index in [2.05, 4.69) is 5.32 Å². The van der Waals surface area contributed by atoms with Gasteiger partial charge >= 0.3 is 0 Å². The molecular formula is C17H17ClFNO3. The number of halogens is 2. The molecule has 2 aromatic rings. The van der Waals surface area contributed by atoms with Gasteiger partial charge in [-0.05, 0) is 43.5 Å². The lowest BCUT2D eigenvalue weighted by molar-refractivity contribution is -0.118. The maximum absolute atomic E-state index is 13.7. The van der Waals surface area contributed by atoms with Gasteiger partial charge in [-0.25, -0.2) is 4.39 Å². The molecule has 122 valence electrons. The van der Waals surface area contributed by atoms with Crippen LogP contribution in [0.5, 0.6) is 11.5 Å². The molecule has 0 aromatic heterocycles. The Labute approximate surface area is 138 Å². The van der Waals surface area contributed by atoms with Crippen LogP contribution in [-0.4, -0.2) is 17.6 Å². The van der Waals surface area contributed by atoms with E-state index in [1.165, 1.54) is 0 Å². The fourth-order valence-corrected chi connectivity index (χ4v) is 2.27. The third kappa shape index (κ3) is 3.93. The van der Waals surface area contributed by atoms with Gasteiger partial charge < -0.3 is 15.2 Å². The Morgan fingerprint density at radius 1 is 1.26 bits per heavy atom. The Balaban J connectivity index is 2.07. The summed E-state index contributed by atoms with van der Waals surface area (Å²) in [7, 11) is 0. The van der Waals surface area contributed by atoms with Gasteiger partial charge in [0.15, 0.2) is 6.61 Å². The molecule has 4 nitrogen and oxygen atoms in total. The van der Waals surface area contributed by atoms with E-state index < -0.39 is 11.7 Å². The molecule has 0 unspecified atom stereocenters. The van der Waals surface area contributed by atoms with Gasteiger partial charge in [-0.1, -0.05) is 23.7 Å². The molecule has 0 saturated carbocycles. The van der Waals surface area contributed by atoms with E-state index in [0.29, 0.717) is 5.75 Å². The molecule has 0 aliphatic heterocycles. The maximum atomic E-state index is 13.7. The minimum Gasteiger partial charge on any atom is -0.506 e. The van der Waals surface area contributed by atoms with Crippen molar-refractivity contribution in [3.05, 3.63) is 51.8 Å². The number of ether oxygens (including phenoxy) is 1. The average molecular weight is 338 g/mol. The summed E-state index contributed by atoms with van der Waals surface area (Å²) in [6, 6.07) is 5.88. The number of aromatic hydroxyl groups is 1. The highest BCUT2D eigenvalue weighted by atomic mass is 35.5. The Morgan fingerprint density at radius 2 is 1.91 bits per heavy atom. The standard InChI is InChI=1S/C17H17ClFNO3/c1-9-4-5-10(2)17(11(9)3)23-8-16(22)20-14-6-12(18)15(21)7-13(14)19/h4-7,21H,8H2,1-3H3,(H,20,22). The summed E-state index contributed by atoms with van der Waals surface area (Å²) in [4.78, 5) is 11.9. The number of nitrogens with one attached hydrogen (secondary N) is 1. The number of hydrogen-bond donors (Lipinski definition) is 2. The van der Waals surface area contributed by atoms with Crippen LogP contribution in [-0.2, 0) is 4.79 Å². The number of benzene rings is 2. The SMILES string of the molecule is Cc1ccc(C)c(OCC(=O)Nc2cc(Cl)c(O)cc2F)c1C. The number of aryl methyl sites for hydroxylation is 2. The second-order valence-corrected chi connectivity index (χ2v) is 5.68. The summed E-state index contributed by atoms with van der Waals surface area (Å²) in [6.45, 7) is 5.49. The fraction of sp³-hybridized carbons (Fsp3) is 0.235. The number of hydrogen-bond acceptors (Lipinski definition) is 3. The molecule has 0 aliphatic carbocycles. The van der Waals surface area contributed by atoms with Gasteiger partial charge in [0, 0.05) is 6.07 Å². The molecule has 1 amide bonds. The highest BCUT2D eigenvalue weighted by Gasteiger charge is 2.13. The third-order valence-electron chi connectivity index (χ3n) is 3.53. The van der Waals surface area contributed by atoms with Crippen molar-refractivity contribution in [3.8, 4) is 11.5 Å². The number of phenolic OH excluding ortho intramolecular Hbond substituents is 1. The lowest BCUT2D eigenvalue weighted by Crippen LogP contribution is -2.21. The first-order valence-corrected chi connectivity index (χ1v) is 7.35. The quantitative estimate of drug-likeness (QED) is 0.825. The predicted octanol–water partition coefficient (Wildman–Crippen LogP) is 4.13. The fourth-order valence-electron chi connectivity index (χ4n) is 2.10. The smallest absolute Gasteiger partial charge is 0.262 e. The van der Waals surface area contributed by atoms with Crippen LogP contribution in [0.3, 0.4) is 0 Å². The predicted molar refractivity (Wildman–Crippen MR) is 87.9 cm³/mol. The summed E-state index contributed by atoms with van der Waals surface area (Å²) in [5.74, 6) is -1.04. The van der Waals surface area contributed by atoms with Crippen molar-refractivity contribution in [2.45, 2.75) is 20.8 Å². The highest BCUT2D eigenvalue weighted by Crippen LogP contribution is 2.29. The van der Waals surface area contributed by atoms with Gasteiger partial charge in [0.2, 0.25) is 0 Å². The zero-order chi connectivity index (χ0) is 17.1. The molecule has 0 fully saturated rings. The van der Waals surface area contributed by atoms with Crippen LogP contribution in [0.2, 0.25) is 5.02 Å². The summed E-state index contributed by atoms with van der Waals surface area (Å²) >= 11 is 5.70. The Bertz CT molecular complexity index is 762. The largest absolute Gasteiger partial charge is 0.506 e. The summed E-state index contributed by atoms with van der Waals surface area (Å²) < 4.78 is 19.2. The van der Waals surface area contributed by atoms with Crippen molar-refractivity contribution in [1.29, 1.82) is 0 Å². The second-order valence-electron chi connectivity index (χ2n) is 5.27. The van der Waals surface area contributed by atoms with E-state index in [1.807, 2.05) is 32.9 Å². The molecule has 0 heterocycles. The second kappa shape index (κ2) is 6.87. The first-order chi connectivity index (χ1) is 10.8. The van der Waals surface area contributed by atoms with Crippen LogP contribution in [0.25, 0.3) is 0 Å². The van der Waals surface area contributed by atoms with Crippen molar-refractivity contribution in [1.82, 2.24) is 0 Å². The van der Waals surface area contributed by atoms with Crippen molar-refractivity contribution < 1.29 is 19.0 Å². The molecule has 0 spiro atoms. The molecule has 0 radical (unpaired) electrons. The molecule has 23 heavy (non-hydrogen) atoms. The number of amides is 1. The Hall–Kier alpha value is -2.27. The number of rotatable bonds is 4. The van der Waals surface area contributed by atoms with Crippen LogP contribution in [0.1, 0.15) is 16.7 Å². The number of anilines is 1. The molecule has 6 heteroatoms. The maximum Gasteiger partial charge on any atom is 0.262 e. The first-order valence-electron chi connectivity index (χ1n) is 6.97. The van der Waals surface area contributed by atoms with Crippen molar-refractivity contribution in [3.63, 3.8) is 0 Å². The Kier molecular flexibility index (Phi) is 5.11. The average Bonchev–Trinajstić information content (AvgIpc) is 2.48. The van der Waals surface area contributed by atoms with E-state index in [-0.39, 0.29) is 23.1 Å². The number of carbonyl (C=O) groups excluding carboxylic acids is 1. The molecule has 0 aliphatic rings. The summed E-state index contributed by atoms with van der Waals surface area (Å²) in [6.07, 6.45) is 0. The van der Waals surface area contributed by atoms with Crippen LogP contribution in [0, 0.1) is 26.6 Å². The van der Waals surface area contributed by atoms with E-state index in [0.717, 1.165) is 28.8 Å². The van der Waals surface area contributed by atoms with E-state index in [4.69, 9.17) is 16.3 Å². The van der Waals surface area contributed by atoms with E-state index in [9.17, 15) is 14.3 Å². The van der Waals surface area contributed by atoms with Crippen LogP contribution < -0.4 is 10.1 Å². The molecule has 2 N–H and O–H groups in total. The monoisotopic (exact) mass is 337 g/mol. The van der Waals surface area contributed by atoms with Gasteiger partial charge in [-0.15, -0.1) is 0 Å². The third-order valence-corrected chi connectivity index (χ3v) is 3.83. The van der Waals surface area contributed by atoms with Gasteiger partial charge in [-0.3, -0.25) is 4.79 Å². The lowest BCUT2D eigenvalue weighted by atomic mass is 10.1. The van der Waals surface area contributed by atoms with Crippen LogP contribution in [0.4, 0.5) is 10.1 Å². The number of carbonyl (C=O) groups is 1. The molecule has 2 aromatic carbocycles. The molecule has 0 atom stereocenters. The minimum atomic E-state index is -0.775. The minimum absolute atomic E-state index is 0.0482. The Morgan fingerprint density at radius 3 is 2.61 bits per heavy atom. The first kappa shape index (κ1) is 17.1. The molecular weight excluding hydrogens is 321 g/mol. The zero-order valence-corrected chi connectivity index (χ0v) is 13.8. The van der Waals surface area contributed by atoms with Gasteiger partial charge in [-0.2, -0.15) is 0 Å².